The fourth-order valence-corrected chi connectivity index (χ4v) is 1.89. The molecule has 2 rings (SSSR count). The van der Waals surface area contributed by atoms with Gasteiger partial charge in [0.2, 0.25) is 0 Å². The van der Waals surface area contributed by atoms with Gasteiger partial charge in [-0.15, -0.1) is 0 Å². The maximum absolute atomic E-state index is 5.67. The number of hydrogen-bond acceptors (Lipinski definition) is 5. The number of morpholine rings is 1. The van der Waals surface area contributed by atoms with E-state index in [2.05, 4.69) is 22.2 Å². The molecule has 1 aromatic rings. The summed E-state index contributed by atoms with van der Waals surface area (Å²) in [6.07, 6.45) is 1.96. The molecule has 1 fully saturated rings. The number of hydrogen-bond donors (Lipinski definition) is 1. The summed E-state index contributed by atoms with van der Waals surface area (Å²) in [5.74, 6) is 1.53. The number of ether oxygens (including phenoxy) is 2. The highest BCUT2D eigenvalue weighted by molar-refractivity contribution is 5.49. The summed E-state index contributed by atoms with van der Waals surface area (Å²) < 4.78 is 10.9. The fourth-order valence-electron chi connectivity index (χ4n) is 1.89. The van der Waals surface area contributed by atoms with Crippen molar-refractivity contribution in [2.45, 2.75) is 6.10 Å². The number of nitrogens with zero attached hydrogens (tertiary/aromatic N) is 2. The zero-order valence-electron chi connectivity index (χ0n) is 10.3. The Bertz CT molecular complexity index is 359. The van der Waals surface area contributed by atoms with Crippen LogP contribution in [0.25, 0.3) is 0 Å². The molecule has 0 radical (unpaired) electrons. The number of rotatable bonds is 4. The maximum Gasteiger partial charge on any atom is 0.168 e. The van der Waals surface area contributed by atoms with Crippen molar-refractivity contribution in [3.63, 3.8) is 0 Å². The lowest BCUT2D eigenvalue weighted by atomic mass is 10.3. The van der Waals surface area contributed by atoms with Crippen molar-refractivity contribution in [3.05, 3.63) is 18.3 Å². The van der Waals surface area contributed by atoms with Crippen LogP contribution in [0.2, 0.25) is 0 Å². The third-order valence-electron chi connectivity index (χ3n) is 2.83. The first-order valence-electron chi connectivity index (χ1n) is 5.82. The van der Waals surface area contributed by atoms with Gasteiger partial charge in [-0.3, -0.25) is 0 Å². The average molecular weight is 237 g/mol. The van der Waals surface area contributed by atoms with Crippen molar-refractivity contribution in [1.29, 1.82) is 0 Å². The Labute approximate surface area is 102 Å². The van der Waals surface area contributed by atoms with Gasteiger partial charge in [-0.05, 0) is 19.2 Å². The molecule has 5 nitrogen and oxygen atoms in total. The normalized spacial score (nSPS) is 21.2. The van der Waals surface area contributed by atoms with Gasteiger partial charge in [0.25, 0.3) is 0 Å². The lowest BCUT2D eigenvalue weighted by Gasteiger charge is -2.30. The van der Waals surface area contributed by atoms with Gasteiger partial charge in [0.1, 0.15) is 0 Å². The number of aromatic nitrogens is 1. The third-order valence-corrected chi connectivity index (χ3v) is 2.83. The standard InChI is InChI=1S/C12H19N3O2/c1-15-6-7-17-10(9-15)8-14-12-11(16-2)4-3-5-13-12/h3-5,10H,6-9H2,1-2H3,(H,13,14). The van der Waals surface area contributed by atoms with Gasteiger partial charge in [-0.1, -0.05) is 0 Å². The summed E-state index contributed by atoms with van der Waals surface area (Å²) in [4.78, 5) is 6.52. The molecule has 1 N–H and O–H groups in total. The predicted octanol–water partition coefficient (Wildman–Crippen LogP) is 0.833. The van der Waals surface area contributed by atoms with Gasteiger partial charge in [0, 0.05) is 25.8 Å². The molecule has 94 valence electrons. The molecule has 0 saturated carbocycles. The molecule has 1 aromatic heterocycles. The number of methoxy groups -OCH3 is 1. The highest BCUT2D eigenvalue weighted by atomic mass is 16.5. The summed E-state index contributed by atoms with van der Waals surface area (Å²) in [7, 11) is 3.75. The van der Waals surface area contributed by atoms with E-state index in [4.69, 9.17) is 9.47 Å². The SMILES string of the molecule is COc1cccnc1NCC1CN(C)CCO1. The molecule has 5 heteroatoms. The van der Waals surface area contributed by atoms with E-state index in [1.807, 2.05) is 12.1 Å². The van der Waals surface area contributed by atoms with Crippen molar-refractivity contribution in [2.75, 3.05) is 45.7 Å². The summed E-state index contributed by atoms with van der Waals surface area (Å²) >= 11 is 0. The molecule has 0 aromatic carbocycles. The van der Waals surface area contributed by atoms with Crippen molar-refractivity contribution in [3.8, 4) is 5.75 Å². The lowest BCUT2D eigenvalue weighted by Crippen LogP contribution is -2.43. The Morgan fingerprint density at radius 3 is 3.29 bits per heavy atom. The minimum atomic E-state index is 0.209. The molecule has 1 aliphatic rings. The van der Waals surface area contributed by atoms with Crippen LogP contribution in [0.3, 0.4) is 0 Å². The monoisotopic (exact) mass is 237 g/mol. The second kappa shape index (κ2) is 5.84. The molecule has 0 amide bonds. The first kappa shape index (κ1) is 12.1. The number of anilines is 1. The Hall–Kier alpha value is -1.33. The summed E-state index contributed by atoms with van der Waals surface area (Å²) in [6, 6.07) is 3.75. The topological polar surface area (TPSA) is 46.6 Å². The van der Waals surface area contributed by atoms with E-state index >= 15 is 0 Å². The van der Waals surface area contributed by atoms with Crippen molar-refractivity contribution in [1.82, 2.24) is 9.88 Å². The minimum Gasteiger partial charge on any atom is -0.493 e. The highest BCUT2D eigenvalue weighted by Gasteiger charge is 2.17. The van der Waals surface area contributed by atoms with Gasteiger partial charge in [-0.2, -0.15) is 0 Å². The maximum atomic E-state index is 5.67. The quantitative estimate of drug-likeness (QED) is 0.840. The summed E-state index contributed by atoms with van der Waals surface area (Å²) in [5.41, 5.74) is 0. The lowest BCUT2D eigenvalue weighted by molar-refractivity contribution is -0.0117. The summed E-state index contributed by atoms with van der Waals surface area (Å²) in [6.45, 7) is 3.49. The van der Waals surface area contributed by atoms with Gasteiger partial charge < -0.3 is 19.7 Å². The first-order valence-corrected chi connectivity index (χ1v) is 5.82. The van der Waals surface area contributed by atoms with Crippen LogP contribution in [-0.4, -0.2) is 56.4 Å². The van der Waals surface area contributed by atoms with Crippen molar-refractivity contribution < 1.29 is 9.47 Å². The van der Waals surface area contributed by atoms with Crippen LogP contribution in [-0.2, 0) is 4.74 Å². The van der Waals surface area contributed by atoms with Crippen LogP contribution in [0, 0.1) is 0 Å². The van der Waals surface area contributed by atoms with E-state index < -0.39 is 0 Å². The van der Waals surface area contributed by atoms with Gasteiger partial charge >= 0.3 is 0 Å². The zero-order valence-corrected chi connectivity index (χ0v) is 10.3. The second-order valence-electron chi connectivity index (χ2n) is 4.19. The minimum absolute atomic E-state index is 0.209. The van der Waals surface area contributed by atoms with E-state index in [0.717, 1.165) is 37.8 Å². The summed E-state index contributed by atoms with van der Waals surface area (Å²) in [5, 5.41) is 3.27. The Kier molecular flexibility index (Phi) is 4.17. The number of nitrogens with one attached hydrogen (secondary N) is 1. The van der Waals surface area contributed by atoms with Crippen LogP contribution in [0.5, 0.6) is 5.75 Å². The van der Waals surface area contributed by atoms with E-state index in [0.29, 0.717) is 0 Å². The molecular formula is C12H19N3O2. The Morgan fingerprint density at radius 1 is 1.65 bits per heavy atom. The molecule has 1 aliphatic heterocycles. The molecule has 1 atom stereocenters. The van der Waals surface area contributed by atoms with E-state index in [9.17, 15) is 0 Å². The number of likely N-dealkylation sites (N-methyl/N-ethyl adjacent to an activating group) is 1. The fraction of sp³-hybridized carbons (Fsp3) is 0.583. The van der Waals surface area contributed by atoms with Crippen LogP contribution < -0.4 is 10.1 Å². The predicted molar refractivity (Wildman–Crippen MR) is 66.5 cm³/mol. The third kappa shape index (κ3) is 3.31. The van der Waals surface area contributed by atoms with E-state index in [1.165, 1.54) is 0 Å². The van der Waals surface area contributed by atoms with Gasteiger partial charge in [0.05, 0.1) is 19.8 Å². The smallest absolute Gasteiger partial charge is 0.168 e. The van der Waals surface area contributed by atoms with Gasteiger partial charge in [-0.25, -0.2) is 4.98 Å². The largest absolute Gasteiger partial charge is 0.493 e. The van der Waals surface area contributed by atoms with Crippen LogP contribution in [0.15, 0.2) is 18.3 Å². The first-order chi connectivity index (χ1) is 8.29. The van der Waals surface area contributed by atoms with E-state index in [-0.39, 0.29) is 6.10 Å². The Balaban J connectivity index is 1.88. The molecule has 0 aliphatic carbocycles. The molecule has 1 saturated heterocycles. The zero-order chi connectivity index (χ0) is 12.1. The second-order valence-corrected chi connectivity index (χ2v) is 4.19. The van der Waals surface area contributed by atoms with Crippen LogP contribution in [0.1, 0.15) is 0 Å². The Morgan fingerprint density at radius 2 is 2.53 bits per heavy atom. The van der Waals surface area contributed by atoms with Crippen molar-refractivity contribution in [2.24, 2.45) is 0 Å². The molecule has 0 spiro atoms. The highest BCUT2D eigenvalue weighted by Crippen LogP contribution is 2.20. The van der Waals surface area contributed by atoms with E-state index in [1.54, 1.807) is 13.3 Å². The molecule has 0 bridgehead atoms. The molecule has 17 heavy (non-hydrogen) atoms. The molecule has 1 unspecified atom stereocenters. The van der Waals surface area contributed by atoms with Crippen LogP contribution >= 0.6 is 0 Å². The van der Waals surface area contributed by atoms with Gasteiger partial charge in [0.15, 0.2) is 11.6 Å². The number of pyridine rings is 1. The average Bonchev–Trinajstić information content (AvgIpc) is 2.37. The molecule has 2 heterocycles. The van der Waals surface area contributed by atoms with Crippen LogP contribution in [0.4, 0.5) is 5.82 Å². The van der Waals surface area contributed by atoms with Crippen molar-refractivity contribution >= 4 is 5.82 Å². The molecular weight excluding hydrogens is 218 g/mol.